The van der Waals surface area contributed by atoms with Crippen molar-refractivity contribution in [1.82, 2.24) is 0 Å². The van der Waals surface area contributed by atoms with Crippen LogP contribution in [-0.2, 0) is 0 Å². The molecule has 0 aromatic heterocycles. The molecule has 0 aliphatic heterocycles. The van der Waals surface area contributed by atoms with Crippen molar-refractivity contribution in [3.8, 4) is 0 Å². The van der Waals surface area contributed by atoms with Crippen molar-refractivity contribution in [3.05, 3.63) is 47.0 Å². The molecule has 0 fully saturated rings. The van der Waals surface area contributed by atoms with Gasteiger partial charge < -0.3 is 0 Å². The lowest BCUT2D eigenvalue weighted by molar-refractivity contribution is 0.104. The van der Waals surface area contributed by atoms with Gasteiger partial charge in [-0.25, -0.2) is 0 Å². The van der Waals surface area contributed by atoms with Crippen LogP contribution in [0, 0.1) is 6.92 Å². The summed E-state index contributed by atoms with van der Waals surface area (Å²) < 4.78 is 0. The van der Waals surface area contributed by atoms with Gasteiger partial charge in [0.25, 0.3) is 0 Å². The minimum atomic E-state index is -0.0614. The van der Waals surface area contributed by atoms with Crippen LogP contribution in [0.4, 0.5) is 0 Å². The Labute approximate surface area is 83.3 Å². The maximum atomic E-state index is 11.5. The molecule has 0 atom stereocenters. The summed E-state index contributed by atoms with van der Waals surface area (Å²) in [7, 11) is 0. The molecule has 0 spiro atoms. The molecule has 1 aromatic carbocycles. The Balaban J connectivity index is 3.22. The lowest BCUT2D eigenvalue weighted by Crippen LogP contribution is -2.00. The van der Waals surface area contributed by atoms with E-state index in [1.807, 2.05) is 0 Å². The Bertz CT molecular complexity index is 389. The second kappa shape index (κ2) is 4.51. The topological polar surface area (TPSA) is 34.1 Å². The summed E-state index contributed by atoms with van der Waals surface area (Å²) in [5.41, 5.74) is 1.90. The number of hydrogen-bond acceptors (Lipinski definition) is 2. The normalized spacial score (nSPS) is 10.4. The summed E-state index contributed by atoms with van der Waals surface area (Å²) in [5.74, 6) is -0.0614. The third kappa shape index (κ3) is 1.96. The molecule has 0 N–H and O–H groups in total. The number of allylic oxidation sites excluding steroid dienone is 2. The van der Waals surface area contributed by atoms with Gasteiger partial charge in [0.1, 0.15) is 6.29 Å². The molecule has 2 nitrogen and oxygen atoms in total. The van der Waals surface area contributed by atoms with Crippen LogP contribution in [0.5, 0.6) is 0 Å². The Hall–Kier alpha value is -1.70. The highest BCUT2D eigenvalue weighted by atomic mass is 16.1. The standard InChI is InChI=1S/C12H12O2/c1-3-5-12(14)11-7-4-6-10(8-13)9(11)2/h3-8H,1-2H3/b5-3-. The predicted molar refractivity (Wildman–Crippen MR) is 55.7 cm³/mol. The van der Waals surface area contributed by atoms with Crippen LogP contribution in [0.1, 0.15) is 33.2 Å². The summed E-state index contributed by atoms with van der Waals surface area (Å²) in [6.07, 6.45) is 3.95. The van der Waals surface area contributed by atoms with E-state index in [4.69, 9.17) is 0 Å². The van der Waals surface area contributed by atoms with Crippen LogP contribution in [0.2, 0.25) is 0 Å². The second-order valence-electron chi connectivity index (χ2n) is 3.00. The van der Waals surface area contributed by atoms with Gasteiger partial charge in [-0.1, -0.05) is 24.3 Å². The van der Waals surface area contributed by atoms with Crippen LogP contribution in [0.25, 0.3) is 0 Å². The van der Waals surface area contributed by atoms with Gasteiger partial charge in [0.05, 0.1) is 0 Å². The van der Waals surface area contributed by atoms with Crippen molar-refractivity contribution >= 4 is 12.1 Å². The number of benzene rings is 1. The number of ketones is 1. The van der Waals surface area contributed by atoms with E-state index in [1.54, 1.807) is 38.1 Å². The van der Waals surface area contributed by atoms with E-state index in [2.05, 4.69) is 0 Å². The fourth-order valence-electron chi connectivity index (χ4n) is 1.29. The van der Waals surface area contributed by atoms with Crippen molar-refractivity contribution in [2.75, 3.05) is 0 Å². The van der Waals surface area contributed by atoms with Crippen LogP contribution < -0.4 is 0 Å². The van der Waals surface area contributed by atoms with Gasteiger partial charge in [0, 0.05) is 11.1 Å². The van der Waals surface area contributed by atoms with E-state index in [0.29, 0.717) is 11.1 Å². The lowest BCUT2D eigenvalue weighted by Gasteiger charge is -2.03. The smallest absolute Gasteiger partial charge is 0.185 e. The Morgan fingerprint density at radius 3 is 2.64 bits per heavy atom. The molecule has 0 radical (unpaired) electrons. The molecule has 0 heterocycles. The van der Waals surface area contributed by atoms with Crippen molar-refractivity contribution in [1.29, 1.82) is 0 Å². The first-order valence-electron chi connectivity index (χ1n) is 4.42. The molecular weight excluding hydrogens is 176 g/mol. The van der Waals surface area contributed by atoms with Crippen molar-refractivity contribution < 1.29 is 9.59 Å². The summed E-state index contributed by atoms with van der Waals surface area (Å²) in [4.78, 5) is 22.2. The number of carbonyl (C=O) groups is 2. The van der Waals surface area contributed by atoms with E-state index in [1.165, 1.54) is 6.08 Å². The van der Waals surface area contributed by atoms with E-state index < -0.39 is 0 Å². The number of rotatable bonds is 3. The third-order valence-corrected chi connectivity index (χ3v) is 2.09. The molecule has 14 heavy (non-hydrogen) atoms. The zero-order valence-corrected chi connectivity index (χ0v) is 8.28. The van der Waals surface area contributed by atoms with E-state index in [-0.39, 0.29) is 5.78 Å². The fraction of sp³-hybridized carbons (Fsp3) is 0.167. The van der Waals surface area contributed by atoms with E-state index >= 15 is 0 Å². The summed E-state index contributed by atoms with van der Waals surface area (Å²) in [6.45, 7) is 3.57. The molecule has 2 heteroatoms. The molecule has 0 bridgehead atoms. The Kier molecular flexibility index (Phi) is 3.35. The van der Waals surface area contributed by atoms with Gasteiger partial charge in [-0.2, -0.15) is 0 Å². The molecule has 0 amide bonds. The minimum Gasteiger partial charge on any atom is -0.298 e. The maximum absolute atomic E-state index is 11.5. The molecule has 0 saturated heterocycles. The minimum absolute atomic E-state index is 0.0614. The Morgan fingerprint density at radius 1 is 1.36 bits per heavy atom. The summed E-state index contributed by atoms with van der Waals surface area (Å²) in [5, 5.41) is 0. The van der Waals surface area contributed by atoms with Gasteiger partial charge in [-0.15, -0.1) is 0 Å². The average molecular weight is 188 g/mol. The predicted octanol–water partition coefficient (Wildman–Crippen LogP) is 2.57. The average Bonchev–Trinajstić information content (AvgIpc) is 2.18. The lowest BCUT2D eigenvalue weighted by atomic mass is 10.00. The summed E-state index contributed by atoms with van der Waals surface area (Å²) in [6, 6.07) is 5.15. The van der Waals surface area contributed by atoms with Gasteiger partial charge in [-0.05, 0) is 25.5 Å². The van der Waals surface area contributed by atoms with Gasteiger partial charge in [0.15, 0.2) is 5.78 Å². The first-order chi connectivity index (χ1) is 6.70. The van der Waals surface area contributed by atoms with Crippen LogP contribution in [0.3, 0.4) is 0 Å². The highest BCUT2D eigenvalue weighted by molar-refractivity contribution is 6.06. The molecule has 1 aromatic rings. The molecule has 72 valence electrons. The van der Waals surface area contributed by atoms with Crippen LogP contribution in [0.15, 0.2) is 30.4 Å². The fourth-order valence-corrected chi connectivity index (χ4v) is 1.29. The molecule has 0 aliphatic rings. The number of hydrogen-bond donors (Lipinski definition) is 0. The van der Waals surface area contributed by atoms with Gasteiger partial charge in [0.2, 0.25) is 0 Å². The first kappa shape index (κ1) is 10.4. The first-order valence-corrected chi connectivity index (χ1v) is 4.42. The highest BCUT2D eigenvalue weighted by Gasteiger charge is 2.07. The highest BCUT2D eigenvalue weighted by Crippen LogP contribution is 2.13. The van der Waals surface area contributed by atoms with Crippen LogP contribution in [-0.4, -0.2) is 12.1 Å². The third-order valence-electron chi connectivity index (χ3n) is 2.09. The molecule has 0 unspecified atom stereocenters. The van der Waals surface area contributed by atoms with E-state index in [0.717, 1.165) is 11.8 Å². The zero-order chi connectivity index (χ0) is 10.6. The van der Waals surface area contributed by atoms with Crippen LogP contribution >= 0.6 is 0 Å². The maximum Gasteiger partial charge on any atom is 0.185 e. The van der Waals surface area contributed by atoms with Crippen molar-refractivity contribution in [2.45, 2.75) is 13.8 Å². The van der Waals surface area contributed by atoms with Crippen molar-refractivity contribution in [3.63, 3.8) is 0 Å². The molecule has 1 rings (SSSR count). The zero-order valence-electron chi connectivity index (χ0n) is 8.28. The number of aldehydes is 1. The van der Waals surface area contributed by atoms with Gasteiger partial charge >= 0.3 is 0 Å². The second-order valence-corrected chi connectivity index (χ2v) is 3.00. The molecule has 0 saturated carbocycles. The monoisotopic (exact) mass is 188 g/mol. The van der Waals surface area contributed by atoms with Gasteiger partial charge in [-0.3, -0.25) is 9.59 Å². The summed E-state index contributed by atoms with van der Waals surface area (Å²) >= 11 is 0. The van der Waals surface area contributed by atoms with Crippen molar-refractivity contribution in [2.24, 2.45) is 0 Å². The van der Waals surface area contributed by atoms with E-state index in [9.17, 15) is 9.59 Å². The Morgan fingerprint density at radius 2 is 2.07 bits per heavy atom. The quantitative estimate of drug-likeness (QED) is 0.415. The molecule has 0 aliphatic carbocycles. The largest absolute Gasteiger partial charge is 0.298 e. The SMILES string of the molecule is C/C=C\C(=O)c1cccc(C=O)c1C. The molecular formula is C12H12O2. The number of carbonyl (C=O) groups excluding carboxylic acids is 2.